The second kappa shape index (κ2) is 11.0. The Kier molecular flexibility index (Phi) is 8.72. The van der Waals surface area contributed by atoms with Crippen molar-refractivity contribution in [2.75, 3.05) is 45.8 Å². The maximum atomic E-state index is 5.61. The molecule has 0 heterocycles. The molecule has 2 N–H and O–H groups in total. The van der Waals surface area contributed by atoms with Crippen molar-refractivity contribution in [3.8, 4) is 11.5 Å². The first-order chi connectivity index (χ1) is 13.2. The maximum absolute atomic E-state index is 5.61. The Morgan fingerprint density at radius 3 is 2.48 bits per heavy atom. The lowest BCUT2D eigenvalue weighted by atomic mass is 9.83. The molecule has 6 nitrogen and oxygen atoms in total. The quantitative estimate of drug-likeness (QED) is 0.366. The highest BCUT2D eigenvalue weighted by Crippen LogP contribution is 2.41. The van der Waals surface area contributed by atoms with Crippen LogP contribution in [0.3, 0.4) is 0 Å². The third-order valence-electron chi connectivity index (χ3n) is 5.21. The molecule has 0 atom stereocenters. The van der Waals surface area contributed by atoms with E-state index in [1.165, 1.54) is 25.7 Å². The predicted molar refractivity (Wildman–Crippen MR) is 111 cm³/mol. The molecule has 0 bridgehead atoms. The minimum atomic E-state index is 0.273. The van der Waals surface area contributed by atoms with E-state index < -0.39 is 0 Å². The van der Waals surface area contributed by atoms with Gasteiger partial charge in [-0.25, -0.2) is 0 Å². The number of benzene rings is 1. The fourth-order valence-corrected chi connectivity index (χ4v) is 3.65. The van der Waals surface area contributed by atoms with E-state index in [0.717, 1.165) is 44.4 Å². The Hall–Kier alpha value is -1.95. The van der Waals surface area contributed by atoms with Gasteiger partial charge in [0.1, 0.15) is 0 Å². The second-order valence-electron chi connectivity index (χ2n) is 7.04. The van der Waals surface area contributed by atoms with Gasteiger partial charge in [-0.15, -0.1) is 0 Å². The number of guanidine groups is 1. The Morgan fingerprint density at radius 2 is 1.85 bits per heavy atom. The number of ether oxygens (including phenoxy) is 3. The summed E-state index contributed by atoms with van der Waals surface area (Å²) in [6, 6.07) is 5.78. The summed E-state index contributed by atoms with van der Waals surface area (Å²) in [4.78, 5) is 4.91. The zero-order chi connectivity index (χ0) is 19.5. The summed E-state index contributed by atoms with van der Waals surface area (Å²) in [6.45, 7) is 7.37. The van der Waals surface area contributed by atoms with E-state index in [9.17, 15) is 0 Å². The maximum Gasteiger partial charge on any atom is 0.195 e. The molecule has 1 saturated carbocycles. The molecule has 1 aliphatic carbocycles. The number of nitrogens with zero attached hydrogens (tertiary/aromatic N) is 1. The minimum absolute atomic E-state index is 0.273. The molecule has 152 valence electrons. The van der Waals surface area contributed by atoms with Gasteiger partial charge >= 0.3 is 0 Å². The van der Waals surface area contributed by atoms with Crippen LogP contribution in [-0.2, 0) is 4.74 Å². The Morgan fingerprint density at radius 1 is 1.11 bits per heavy atom. The van der Waals surface area contributed by atoms with E-state index in [4.69, 9.17) is 19.2 Å². The SMILES string of the molecule is CCNC(=NCC1(CCOCC)CCCC1)Nc1ccc(OC)c(OC)c1. The normalized spacial score (nSPS) is 16.2. The third-order valence-corrected chi connectivity index (χ3v) is 5.21. The van der Waals surface area contributed by atoms with E-state index in [-0.39, 0.29) is 5.41 Å². The number of anilines is 1. The highest BCUT2D eigenvalue weighted by molar-refractivity contribution is 5.93. The topological polar surface area (TPSA) is 64.1 Å². The molecule has 1 fully saturated rings. The summed E-state index contributed by atoms with van der Waals surface area (Å²) in [5, 5.41) is 6.73. The van der Waals surface area contributed by atoms with E-state index in [2.05, 4.69) is 24.5 Å². The molecule has 0 spiro atoms. The van der Waals surface area contributed by atoms with Crippen LogP contribution < -0.4 is 20.1 Å². The van der Waals surface area contributed by atoms with Crippen LogP contribution in [0.2, 0.25) is 0 Å². The first-order valence-corrected chi connectivity index (χ1v) is 10.0. The summed E-state index contributed by atoms with van der Waals surface area (Å²) in [7, 11) is 3.28. The number of rotatable bonds is 10. The number of hydrogen-bond acceptors (Lipinski definition) is 4. The molecule has 0 unspecified atom stereocenters. The van der Waals surface area contributed by atoms with Crippen molar-refractivity contribution in [1.82, 2.24) is 5.32 Å². The number of nitrogens with one attached hydrogen (secondary N) is 2. The lowest BCUT2D eigenvalue weighted by Crippen LogP contribution is -2.33. The summed E-state index contributed by atoms with van der Waals surface area (Å²) in [6.07, 6.45) is 6.14. The van der Waals surface area contributed by atoms with Crippen LogP contribution in [0, 0.1) is 5.41 Å². The third kappa shape index (κ3) is 6.31. The van der Waals surface area contributed by atoms with Gasteiger partial charge in [-0.1, -0.05) is 12.8 Å². The van der Waals surface area contributed by atoms with Crippen molar-refractivity contribution < 1.29 is 14.2 Å². The van der Waals surface area contributed by atoms with Crippen molar-refractivity contribution >= 4 is 11.6 Å². The van der Waals surface area contributed by atoms with Gasteiger partial charge in [0.25, 0.3) is 0 Å². The minimum Gasteiger partial charge on any atom is -0.493 e. The molecule has 1 aliphatic rings. The van der Waals surface area contributed by atoms with Crippen LogP contribution in [0.5, 0.6) is 11.5 Å². The van der Waals surface area contributed by atoms with Gasteiger partial charge in [0.2, 0.25) is 0 Å². The summed E-state index contributed by atoms with van der Waals surface area (Å²) >= 11 is 0. The van der Waals surface area contributed by atoms with Gasteiger partial charge in [-0.3, -0.25) is 4.99 Å². The molecule has 6 heteroatoms. The van der Waals surface area contributed by atoms with Crippen molar-refractivity contribution in [3.05, 3.63) is 18.2 Å². The Balaban J connectivity index is 2.08. The summed E-state index contributed by atoms with van der Waals surface area (Å²) < 4.78 is 16.3. The van der Waals surface area contributed by atoms with Gasteiger partial charge in [0.15, 0.2) is 17.5 Å². The van der Waals surface area contributed by atoms with Crippen LogP contribution in [-0.4, -0.2) is 46.5 Å². The van der Waals surface area contributed by atoms with Crippen LogP contribution >= 0.6 is 0 Å². The Bertz CT molecular complexity index is 598. The van der Waals surface area contributed by atoms with E-state index in [1.807, 2.05) is 18.2 Å². The van der Waals surface area contributed by atoms with E-state index in [1.54, 1.807) is 14.2 Å². The molecule has 0 aromatic heterocycles. The molecular weight excluding hydrogens is 342 g/mol. The molecule has 1 aromatic carbocycles. The van der Waals surface area contributed by atoms with Gasteiger partial charge in [0.05, 0.1) is 14.2 Å². The largest absolute Gasteiger partial charge is 0.493 e. The average molecular weight is 378 g/mol. The van der Waals surface area contributed by atoms with Crippen LogP contribution in [0.1, 0.15) is 46.0 Å². The van der Waals surface area contributed by atoms with Crippen LogP contribution in [0.4, 0.5) is 5.69 Å². The number of methoxy groups -OCH3 is 2. The molecule has 27 heavy (non-hydrogen) atoms. The van der Waals surface area contributed by atoms with Gasteiger partial charge in [-0.2, -0.15) is 0 Å². The van der Waals surface area contributed by atoms with Crippen molar-refractivity contribution in [2.24, 2.45) is 10.4 Å². The standard InChI is InChI=1S/C21H35N3O3/c1-5-22-20(24-17-9-10-18(25-3)19(15-17)26-4)23-16-21(11-7-8-12-21)13-14-27-6-2/h9-10,15H,5-8,11-14,16H2,1-4H3,(H2,22,23,24). The van der Waals surface area contributed by atoms with E-state index >= 15 is 0 Å². The molecule has 0 aliphatic heterocycles. The lowest BCUT2D eigenvalue weighted by Gasteiger charge is -2.27. The first-order valence-electron chi connectivity index (χ1n) is 10.0. The van der Waals surface area contributed by atoms with Crippen LogP contribution in [0.25, 0.3) is 0 Å². The summed E-state index contributed by atoms with van der Waals surface area (Å²) in [5.41, 5.74) is 1.19. The summed E-state index contributed by atoms with van der Waals surface area (Å²) in [5.74, 6) is 2.21. The molecule has 0 saturated heterocycles. The molecule has 0 radical (unpaired) electrons. The van der Waals surface area contributed by atoms with Gasteiger partial charge < -0.3 is 24.8 Å². The smallest absolute Gasteiger partial charge is 0.195 e. The molecule has 2 rings (SSSR count). The number of aliphatic imine (C=N–C) groups is 1. The van der Waals surface area contributed by atoms with Crippen molar-refractivity contribution in [2.45, 2.75) is 46.0 Å². The molecule has 0 amide bonds. The van der Waals surface area contributed by atoms with Crippen LogP contribution in [0.15, 0.2) is 23.2 Å². The van der Waals surface area contributed by atoms with Crippen molar-refractivity contribution in [1.29, 1.82) is 0 Å². The zero-order valence-corrected chi connectivity index (χ0v) is 17.3. The van der Waals surface area contributed by atoms with Gasteiger partial charge in [0, 0.05) is 38.1 Å². The molecular formula is C21H35N3O3. The predicted octanol–water partition coefficient (Wildman–Crippen LogP) is 4.07. The Labute approximate surface area is 163 Å². The monoisotopic (exact) mass is 377 g/mol. The molecule has 1 aromatic rings. The highest BCUT2D eigenvalue weighted by Gasteiger charge is 2.33. The fourth-order valence-electron chi connectivity index (χ4n) is 3.65. The average Bonchev–Trinajstić information content (AvgIpc) is 3.15. The van der Waals surface area contributed by atoms with E-state index in [0.29, 0.717) is 11.5 Å². The van der Waals surface area contributed by atoms with Gasteiger partial charge in [-0.05, 0) is 50.7 Å². The second-order valence-corrected chi connectivity index (χ2v) is 7.04. The number of hydrogen-bond donors (Lipinski definition) is 2. The van der Waals surface area contributed by atoms with Crippen molar-refractivity contribution in [3.63, 3.8) is 0 Å². The first kappa shape index (κ1) is 21.4. The zero-order valence-electron chi connectivity index (χ0n) is 17.3. The highest BCUT2D eigenvalue weighted by atomic mass is 16.5. The fraction of sp³-hybridized carbons (Fsp3) is 0.667. The lowest BCUT2D eigenvalue weighted by molar-refractivity contribution is 0.107.